The van der Waals surface area contributed by atoms with Crippen LogP contribution in [-0.2, 0) is 4.74 Å². The molecule has 4 atom stereocenters. The lowest BCUT2D eigenvalue weighted by Crippen LogP contribution is -2.46. The first-order valence-electron chi connectivity index (χ1n) is 6.24. The maximum absolute atomic E-state index is 6.27. The molecule has 0 spiro atoms. The Morgan fingerprint density at radius 1 is 0.714 bits per heavy atom. The predicted octanol–water partition coefficient (Wildman–Crippen LogP) is 3.37. The SMILES string of the molecule is C1CCC2SC3CCCCC3OC2C1. The van der Waals surface area contributed by atoms with Gasteiger partial charge in [-0.15, -0.1) is 11.8 Å². The molecule has 1 heterocycles. The van der Waals surface area contributed by atoms with Crippen molar-refractivity contribution in [1.82, 2.24) is 0 Å². The normalized spacial score (nSPS) is 48.0. The molecular weight excluding hydrogens is 192 g/mol. The van der Waals surface area contributed by atoms with Crippen molar-refractivity contribution < 1.29 is 4.74 Å². The molecule has 0 aromatic carbocycles. The van der Waals surface area contributed by atoms with Crippen molar-refractivity contribution in [2.24, 2.45) is 0 Å². The summed E-state index contributed by atoms with van der Waals surface area (Å²) in [5, 5.41) is 1.70. The first-order chi connectivity index (χ1) is 6.93. The van der Waals surface area contributed by atoms with Crippen molar-refractivity contribution in [2.75, 3.05) is 0 Å². The number of hydrogen-bond donors (Lipinski definition) is 0. The van der Waals surface area contributed by atoms with Gasteiger partial charge in [0.05, 0.1) is 12.2 Å². The van der Waals surface area contributed by atoms with E-state index in [1.165, 1.54) is 51.4 Å². The molecule has 1 nitrogen and oxygen atoms in total. The molecule has 0 amide bonds. The van der Waals surface area contributed by atoms with Gasteiger partial charge in [0.15, 0.2) is 0 Å². The van der Waals surface area contributed by atoms with E-state index < -0.39 is 0 Å². The van der Waals surface area contributed by atoms with E-state index in [0.29, 0.717) is 12.2 Å². The van der Waals surface area contributed by atoms with E-state index in [2.05, 4.69) is 11.8 Å². The maximum Gasteiger partial charge on any atom is 0.0698 e. The van der Waals surface area contributed by atoms with Gasteiger partial charge in [-0.05, 0) is 25.7 Å². The minimum atomic E-state index is 0.619. The fourth-order valence-corrected chi connectivity index (χ4v) is 5.00. The molecule has 14 heavy (non-hydrogen) atoms. The minimum Gasteiger partial charge on any atom is -0.373 e. The molecule has 0 bridgehead atoms. The van der Waals surface area contributed by atoms with Gasteiger partial charge in [0.25, 0.3) is 0 Å². The van der Waals surface area contributed by atoms with Crippen LogP contribution in [0.4, 0.5) is 0 Å². The summed E-state index contributed by atoms with van der Waals surface area (Å²) in [6.45, 7) is 0. The quantitative estimate of drug-likeness (QED) is 0.609. The molecule has 0 N–H and O–H groups in total. The van der Waals surface area contributed by atoms with Crippen molar-refractivity contribution in [2.45, 2.75) is 74.1 Å². The van der Waals surface area contributed by atoms with Gasteiger partial charge in [-0.25, -0.2) is 0 Å². The largest absolute Gasteiger partial charge is 0.373 e. The first kappa shape index (κ1) is 9.53. The monoisotopic (exact) mass is 212 g/mol. The van der Waals surface area contributed by atoms with Gasteiger partial charge in [0, 0.05) is 10.5 Å². The Labute approximate surface area is 91.0 Å². The van der Waals surface area contributed by atoms with Crippen molar-refractivity contribution in [3.05, 3.63) is 0 Å². The average molecular weight is 212 g/mol. The van der Waals surface area contributed by atoms with Crippen LogP contribution in [0.15, 0.2) is 0 Å². The van der Waals surface area contributed by atoms with E-state index in [4.69, 9.17) is 4.74 Å². The van der Waals surface area contributed by atoms with Crippen LogP contribution < -0.4 is 0 Å². The number of rotatable bonds is 0. The summed E-state index contributed by atoms with van der Waals surface area (Å²) < 4.78 is 6.27. The summed E-state index contributed by atoms with van der Waals surface area (Å²) in [5.41, 5.74) is 0. The molecule has 0 radical (unpaired) electrons. The van der Waals surface area contributed by atoms with Crippen LogP contribution in [0.25, 0.3) is 0 Å². The molecule has 2 heteroatoms. The molecule has 3 fully saturated rings. The Hall–Kier alpha value is 0.310. The Morgan fingerprint density at radius 3 is 1.79 bits per heavy atom. The zero-order valence-corrected chi connectivity index (χ0v) is 9.60. The van der Waals surface area contributed by atoms with E-state index in [1.54, 1.807) is 0 Å². The highest BCUT2D eigenvalue weighted by Crippen LogP contribution is 2.44. The Morgan fingerprint density at radius 2 is 1.21 bits per heavy atom. The highest BCUT2D eigenvalue weighted by molar-refractivity contribution is 8.00. The molecule has 4 unspecified atom stereocenters. The van der Waals surface area contributed by atoms with Gasteiger partial charge in [-0.2, -0.15) is 0 Å². The van der Waals surface area contributed by atoms with Crippen molar-refractivity contribution in [3.8, 4) is 0 Å². The van der Waals surface area contributed by atoms with Crippen molar-refractivity contribution >= 4 is 11.8 Å². The number of thioether (sulfide) groups is 1. The van der Waals surface area contributed by atoms with Gasteiger partial charge >= 0.3 is 0 Å². The molecule has 0 aromatic heterocycles. The highest BCUT2D eigenvalue weighted by atomic mass is 32.2. The van der Waals surface area contributed by atoms with Gasteiger partial charge in [0.2, 0.25) is 0 Å². The van der Waals surface area contributed by atoms with Crippen LogP contribution in [0.3, 0.4) is 0 Å². The Kier molecular flexibility index (Phi) is 2.76. The summed E-state index contributed by atoms with van der Waals surface area (Å²) in [6.07, 6.45) is 12.4. The maximum atomic E-state index is 6.27. The second kappa shape index (κ2) is 4.05. The van der Waals surface area contributed by atoms with Crippen LogP contribution in [0, 0.1) is 0 Å². The molecule has 3 rings (SSSR count). The lowest BCUT2D eigenvalue weighted by molar-refractivity contribution is -0.0476. The topological polar surface area (TPSA) is 9.23 Å². The lowest BCUT2D eigenvalue weighted by Gasteiger charge is -2.45. The Balaban J connectivity index is 1.68. The summed E-state index contributed by atoms with van der Waals surface area (Å²) in [5.74, 6) is 0. The molecular formula is C12H20OS. The van der Waals surface area contributed by atoms with Crippen LogP contribution in [0.1, 0.15) is 51.4 Å². The second-order valence-corrected chi connectivity index (χ2v) is 6.48. The first-order valence-corrected chi connectivity index (χ1v) is 7.19. The molecule has 2 saturated carbocycles. The fraction of sp³-hybridized carbons (Fsp3) is 1.00. The molecule has 80 valence electrons. The zero-order chi connectivity index (χ0) is 9.38. The smallest absolute Gasteiger partial charge is 0.0698 e. The fourth-order valence-electron chi connectivity index (χ4n) is 3.20. The van der Waals surface area contributed by atoms with Crippen molar-refractivity contribution in [1.29, 1.82) is 0 Å². The number of hydrogen-bond acceptors (Lipinski definition) is 2. The second-order valence-electron chi connectivity index (χ2n) is 4.99. The number of fused-ring (bicyclic) bond motifs is 2. The zero-order valence-electron chi connectivity index (χ0n) is 8.78. The minimum absolute atomic E-state index is 0.619. The average Bonchev–Trinajstić information content (AvgIpc) is 2.26. The van der Waals surface area contributed by atoms with Crippen molar-refractivity contribution in [3.63, 3.8) is 0 Å². The van der Waals surface area contributed by atoms with E-state index >= 15 is 0 Å². The lowest BCUT2D eigenvalue weighted by atomic mass is 9.93. The molecule has 1 saturated heterocycles. The van der Waals surface area contributed by atoms with E-state index in [1.807, 2.05) is 0 Å². The van der Waals surface area contributed by atoms with E-state index in [0.717, 1.165) is 10.5 Å². The van der Waals surface area contributed by atoms with E-state index in [9.17, 15) is 0 Å². The van der Waals surface area contributed by atoms with Gasteiger partial charge in [0.1, 0.15) is 0 Å². The summed E-state index contributed by atoms with van der Waals surface area (Å²) in [7, 11) is 0. The van der Waals surface area contributed by atoms with Gasteiger partial charge < -0.3 is 4.74 Å². The number of ether oxygens (including phenoxy) is 1. The third kappa shape index (κ3) is 1.71. The van der Waals surface area contributed by atoms with Crippen LogP contribution in [0.5, 0.6) is 0 Å². The molecule has 2 aliphatic carbocycles. The molecule has 1 aliphatic heterocycles. The standard InChI is InChI=1S/C12H20OS/c1-3-7-11-9(5-1)13-10-6-2-4-8-12(10)14-11/h9-12H,1-8H2. The molecule has 3 aliphatic rings. The summed E-state index contributed by atoms with van der Waals surface area (Å²) in [6, 6.07) is 0. The molecule has 0 aromatic rings. The van der Waals surface area contributed by atoms with E-state index in [-0.39, 0.29) is 0 Å². The van der Waals surface area contributed by atoms with Gasteiger partial charge in [-0.1, -0.05) is 25.7 Å². The summed E-state index contributed by atoms with van der Waals surface area (Å²) in [4.78, 5) is 0. The third-order valence-electron chi connectivity index (χ3n) is 3.98. The predicted molar refractivity (Wildman–Crippen MR) is 60.8 cm³/mol. The Bertz CT molecular complexity index is 164. The van der Waals surface area contributed by atoms with Crippen LogP contribution >= 0.6 is 11.8 Å². The highest BCUT2D eigenvalue weighted by Gasteiger charge is 2.40. The summed E-state index contributed by atoms with van der Waals surface area (Å²) >= 11 is 2.27. The van der Waals surface area contributed by atoms with Crippen LogP contribution in [0.2, 0.25) is 0 Å². The van der Waals surface area contributed by atoms with Crippen LogP contribution in [-0.4, -0.2) is 22.7 Å². The third-order valence-corrected chi connectivity index (χ3v) is 5.76. The van der Waals surface area contributed by atoms with Gasteiger partial charge in [-0.3, -0.25) is 0 Å².